The van der Waals surface area contributed by atoms with Crippen molar-refractivity contribution in [2.45, 2.75) is 26.2 Å². The van der Waals surface area contributed by atoms with Crippen molar-refractivity contribution < 1.29 is 14.6 Å². The standard InChI is InChI=1S/C13H18N2O3/c1-3-4-5-13(17)15-14-9-10-6-7-11(18-2)8-12(10)16/h6-9,16H,3-5H2,1-2H3,(H,15,17). The lowest BCUT2D eigenvalue weighted by atomic mass is 10.2. The molecule has 0 unspecified atom stereocenters. The third kappa shape index (κ3) is 4.45. The molecule has 2 N–H and O–H groups in total. The molecule has 0 bridgehead atoms. The van der Waals surface area contributed by atoms with E-state index in [1.807, 2.05) is 6.92 Å². The fourth-order valence-corrected chi connectivity index (χ4v) is 1.33. The summed E-state index contributed by atoms with van der Waals surface area (Å²) >= 11 is 0. The molecule has 0 radical (unpaired) electrons. The largest absolute Gasteiger partial charge is 0.507 e. The number of nitrogens with zero attached hydrogens (tertiary/aromatic N) is 1. The average Bonchev–Trinajstić information content (AvgIpc) is 2.38. The molecule has 0 saturated heterocycles. The van der Waals surface area contributed by atoms with E-state index in [0.29, 0.717) is 17.7 Å². The van der Waals surface area contributed by atoms with Gasteiger partial charge in [0.05, 0.1) is 13.3 Å². The molecular weight excluding hydrogens is 232 g/mol. The Morgan fingerprint density at radius 2 is 2.33 bits per heavy atom. The van der Waals surface area contributed by atoms with Gasteiger partial charge in [0, 0.05) is 18.1 Å². The van der Waals surface area contributed by atoms with Crippen LogP contribution < -0.4 is 10.2 Å². The maximum atomic E-state index is 11.3. The number of carbonyl (C=O) groups is 1. The van der Waals surface area contributed by atoms with Crippen molar-refractivity contribution in [1.82, 2.24) is 5.43 Å². The zero-order valence-corrected chi connectivity index (χ0v) is 10.6. The minimum Gasteiger partial charge on any atom is -0.507 e. The molecule has 1 aromatic carbocycles. The zero-order chi connectivity index (χ0) is 13.4. The third-order valence-electron chi connectivity index (χ3n) is 2.39. The van der Waals surface area contributed by atoms with E-state index < -0.39 is 0 Å². The Morgan fingerprint density at radius 1 is 1.56 bits per heavy atom. The predicted molar refractivity (Wildman–Crippen MR) is 69.9 cm³/mol. The second-order valence-corrected chi connectivity index (χ2v) is 3.82. The highest BCUT2D eigenvalue weighted by Crippen LogP contribution is 2.21. The van der Waals surface area contributed by atoms with Crippen LogP contribution in [0.1, 0.15) is 31.7 Å². The van der Waals surface area contributed by atoms with Crippen molar-refractivity contribution >= 4 is 12.1 Å². The highest BCUT2D eigenvalue weighted by atomic mass is 16.5. The van der Waals surface area contributed by atoms with Gasteiger partial charge in [0.1, 0.15) is 11.5 Å². The van der Waals surface area contributed by atoms with Gasteiger partial charge in [0.15, 0.2) is 0 Å². The lowest BCUT2D eigenvalue weighted by molar-refractivity contribution is -0.121. The molecule has 0 spiro atoms. The maximum Gasteiger partial charge on any atom is 0.240 e. The number of hydrogen-bond donors (Lipinski definition) is 2. The van der Waals surface area contributed by atoms with Gasteiger partial charge in [0.25, 0.3) is 0 Å². The summed E-state index contributed by atoms with van der Waals surface area (Å²) in [5.41, 5.74) is 2.93. The van der Waals surface area contributed by atoms with Crippen LogP contribution in [0.15, 0.2) is 23.3 Å². The number of aromatic hydroxyl groups is 1. The number of ether oxygens (including phenoxy) is 1. The SMILES string of the molecule is CCCCC(=O)NN=Cc1ccc(OC)cc1O. The third-order valence-corrected chi connectivity index (χ3v) is 2.39. The highest BCUT2D eigenvalue weighted by Gasteiger charge is 2.01. The number of hydrogen-bond acceptors (Lipinski definition) is 4. The molecule has 0 aliphatic heterocycles. The number of phenolic OH excluding ortho intramolecular Hbond substituents is 1. The van der Waals surface area contributed by atoms with Gasteiger partial charge in [-0.15, -0.1) is 0 Å². The Labute approximate surface area is 106 Å². The van der Waals surface area contributed by atoms with E-state index >= 15 is 0 Å². The van der Waals surface area contributed by atoms with E-state index in [9.17, 15) is 9.90 Å². The minimum absolute atomic E-state index is 0.0564. The van der Waals surface area contributed by atoms with E-state index in [2.05, 4.69) is 10.5 Å². The number of hydrazone groups is 1. The molecule has 18 heavy (non-hydrogen) atoms. The van der Waals surface area contributed by atoms with Crippen molar-refractivity contribution in [2.75, 3.05) is 7.11 Å². The normalized spacial score (nSPS) is 10.6. The average molecular weight is 250 g/mol. The van der Waals surface area contributed by atoms with Crippen molar-refractivity contribution in [1.29, 1.82) is 0 Å². The lowest BCUT2D eigenvalue weighted by Gasteiger charge is -2.02. The topological polar surface area (TPSA) is 70.9 Å². The molecule has 1 rings (SSSR count). The molecule has 0 fully saturated rings. The molecule has 0 aliphatic carbocycles. The summed E-state index contributed by atoms with van der Waals surface area (Å²) in [4.78, 5) is 11.3. The molecule has 98 valence electrons. The second kappa shape index (κ2) is 7.32. The quantitative estimate of drug-likeness (QED) is 0.599. The number of unbranched alkanes of at least 4 members (excludes halogenated alkanes) is 1. The smallest absolute Gasteiger partial charge is 0.240 e. The summed E-state index contributed by atoms with van der Waals surface area (Å²) in [6.45, 7) is 2.02. The summed E-state index contributed by atoms with van der Waals surface area (Å²) < 4.78 is 4.96. The van der Waals surface area contributed by atoms with Crippen molar-refractivity contribution in [3.63, 3.8) is 0 Å². The molecule has 0 aliphatic rings. The Kier molecular flexibility index (Phi) is 5.70. The number of phenols is 1. The summed E-state index contributed by atoms with van der Waals surface area (Å²) in [5, 5.41) is 13.4. The van der Waals surface area contributed by atoms with Crippen LogP contribution in [0, 0.1) is 0 Å². The number of methoxy groups -OCH3 is 1. The summed E-state index contributed by atoms with van der Waals surface area (Å²) in [5.74, 6) is 0.499. The molecule has 0 heterocycles. The first kappa shape index (κ1) is 14.0. The van der Waals surface area contributed by atoms with Crippen LogP contribution in [-0.2, 0) is 4.79 Å². The van der Waals surface area contributed by atoms with Gasteiger partial charge >= 0.3 is 0 Å². The first-order valence-corrected chi connectivity index (χ1v) is 5.86. The van der Waals surface area contributed by atoms with Crippen LogP contribution in [0.5, 0.6) is 11.5 Å². The number of benzene rings is 1. The van der Waals surface area contributed by atoms with Crippen LogP contribution in [0.2, 0.25) is 0 Å². The van der Waals surface area contributed by atoms with Crippen LogP contribution >= 0.6 is 0 Å². The predicted octanol–water partition coefficient (Wildman–Crippen LogP) is 2.04. The Morgan fingerprint density at radius 3 is 2.94 bits per heavy atom. The van der Waals surface area contributed by atoms with E-state index in [1.165, 1.54) is 19.4 Å². The van der Waals surface area contributed by atoms with Crippen molar-refractivity contribution in [3.8, 4) is 11.5 Å². The van der Waals surface area contributed by atoms with Gasteiger partial charge in [-0.05, 0) is 18.6 Å². The minimum atomic E-state index is -0.124. The van der Waals surface area contributed by atoms with Crippen LogP contribution in [0.3, 0.4) is 0 Å². The van der Waals surface area contributed by atoms with E-state index in [4.69, 9.17) is 4.74 Å². The highest BCUT2D eigenvalue weighted by molar-refractivity contribution is 5.85. The first-order chi connectivity index (χ1) is 8.67. The van der Waals surface area contributed by atoms with E-state index in [0.717, 1.165) is 12.8 Å². The van der Waals surface area contributed by atoms with Crippen molar-refractivity contribution in [2.24, 2.45) is 5.10 Å². The Balaban J connectivity index is 2.54. The molecule has 0 atom stereocenters. The van der Waals surface area contributed by atoms with Gasteiger partial charge in [-0.3, -0.25) is 4.79 Å². The van der Waals surface area contributed by atoms with Gasteiger partial charge in [-0.2, -0.15) is 5.10 Å². The van der Waals surface area contributed by atoms with E-state index in [-0.39, 0.29) is 11.7 Å². The zero-order valence-electron chi connectivity index (χ0n) is 10.6. The van der Waals surface area contributed by atoms with Gasteiger partial charge in [0.2, 0.25) is 5.91 Å². The van der Waals surface area contributed by atoms with Crippen LogP contribution in [0.25, 0.3) is 0 Å². The van der Waals surface area contributed by atoms with Gasteiger partial charge < -0.3 is 9.84 Å². The monoisotopic (exact) mass is 250 g/mol. The summed E-state index contributed by atoms with van der Waals surface area (Å²) in [7, 11) is 1.52. The molecule has 0 aromatic heterocycles. The van der Waals surface area contributed by atoms with Crippen LogP contribution in [-0.4, -0.2) is 24.3 Å². The van der Waals surface area contributed by atoms with Gasteiger partial charge in [-0.1, -0.05) is 13.3 Å². The number of nitrogens with one attached hydrogen (secondary N) is 1. The Hall–Kier alpha value is -2.04. The fraction of sp³-hybridized carbons (Fsp3) is 0.385. The molecule has 0 saturated carbocycles. The molecule has 1 aromatic rings. The van der Waals surface area contributed by atoms with E-state index in [1.54, 1.807) is 12.1 Å². The fourth-order valence-electron chi connectivity index (χ4n) is 1.33. The van der Waals surface area contributed by atoms with Crippen LogP contribution in [0.4, 0.5) is 0 Å². The second-order valence-electron chi connectivity index (χ2n) is 3.82. The molecule has 1 amide bonds. The summed E-state index contributed by atoms with van der Waals surface area (Å²) in [6, 6.07) is 4.86. The molecule has 5 nitrogen and oxygen atoms in total. The number of amides is 1. The Bertz CT molecular complexity index is 430. The first-order valence-electron chi connectivity index (χ1n) is 5.86. The number of carbonyl (C=O) groups excluding carboxylic acids is 1. The number of rotatable bonds is 6. The maximum absolute atomic E-state index is 11.3. The summed E-state index contributed by atoms with van der Waals surface area (Å²) in [6.07, 6.45) is 3.67. The van der Waals surface area contributed by atoms with Crippen molar-refractivity contribution in [3.05, 3.63) is 23.8 Å². The molecule has 5 heteroatoms. The van der Waals surface area contributed by atoms with Gasteiger partial charge in [-0.25, -0.2) is 5.43 Å². The lowest BCUT2D eigenvalue weighted by Crippen LogP contribution is -2.16. The molecular formula is C13H18N2O3.